The standard InChI is InChI=1S/C25H21F3N6O2S/c1-2-33-22-17(12-30-34(22)16-9-4-3-5-10-16)19(14-7-6-8-15(29)11-14)20(23(33)36)32-21(35)18-13-37-24(31-18)25(26,27)28/h3-13,19-20H,2,29H2,1H3,(H,32,35)/t19-,20+/m1/s1. The number of fused-ring (bicyclic) bond motifs is 1. The molecule has 12 heteroatoms. The number of rotatable bonds is 5. The molecule has 0 bridgehead atoms. The smallest absolute Gasteiger partial charge is 0.399 e. The lowest BCUT2D eigenvalue weighted by molar-refractivity contribution is -0.137. The first-order chi connectivity index (χ1) is 17.7. The maximum atomic E-state index is 13.8. The highest BCUT2D eigenvalue weighted by Crippen LogP contribution is 2.42. The SMILES string of the molecule is CCN1C(=O)[C@@H](NC(=O)c2csc(C(F)(F)F)n2)[C@H](c2cccc(N)c2)c2cnn(-c3ccccc3)c21. The largest absolute Gasteiger partial charge is 0.443 e. The van der Waals surface area contributed by atoms with Gasteiger partial charge in [0.2, 0.25) is 0 Å². The van der Waals surface area contributed by atoms with E-state index in [4.69, 9.17) is 5.73 Å². The topological polar surface area (TPSA) is 106 Å². The molecule has 5 rings (SSSR count). The zero-order valence-electron chi connectivity index (χ0n) is 19.4. The highest BCUT2D eigenvalue weighted by Gasteiger charge is 2.45. The molecule has 4 aromatic rings. The Bertz CT molecular complexity index is 1470. The van der Waals surface area contributed by atoms with Crippen LogP contribution in [0.15, 0.2) is 66.2 Å². The van der Waals surface area contributed by atoms with Gasteiger partial charge in [-0.2, -0.15) is 18.3 Å². The summed E-state index contributed by atoms with van der Waals surface area (Å²) in [5.41, 5.74) is 8.13. The van der Waals surface area contributed by atoms with Gasteiger partial charge in [0.15, 0.2) is 5.01 Å². The molecule has 1 aliphatic rings. The van der Waals surface area contributed by atoms with Gasteiger partial charge in [-0.25, -0.2) is 9.67 Å². The molecule has 8 nitrogen and oxygen atoms in total. The van der Waals surface area contributed by atoms with Crippen LogP contribution in [-0.4, -0.2) is 39.2 Å². The molecule has 0 saturated carbocycles. The Hall–Kier alpha value is -4.19. The quantitative estimate of drug-likeness (QED) is 0.379. The summed E-state index contributed by atoms with van der Waals surface area (Å²) >= 11 is 0.319. The van der Waals surface area contributed by atoms with E-state index in [1.165, 1.54) is 4.90 Å². The minimum Gasteiger partial charge on any atom is -0.399 e. The predicted octanol–water partition coefficient (Wildman–Crippen LogP) is 4.23. The van der Waals surface area contributed by atoms with Crippen LogP contribution in [0, 0.1) is 0 Å². The second-order valence-corrected chi connectivity index (χ2v) is 9.25. The van der Waals surface area contributed by atoms with E-state index in [1.807, 2.05) is 30.3 Å². The van der Waals surface area contributed by atoms with E-state index < -0.39 is 40.7 Å². The number of aromatic nitrogens is 3. The van der Waals surface area contributed by atoms with Gasteiger partial charge in [0.05, 0.1) is 11.9 Å². The number of para-hydroxylation sites is 1. The van der Waals surface area contributed by atoms with E-state index in [0.717, 1.165) is 11.1 Å². The van der Waals surface area contributed by atoms with E-state index in [2.05, 4.69) is 15.4 Å². The van der Waals surface area contributed by atoms with Crippen molar-refractivity contribution in [1.82, 2.24) is 20.1 Å². The van der Waals surface area contributed by atoms with Crippen LogP contribution in [0.1, 0.15) is 39.5 Å². The number of hydrogen-bond acceptors (Lipinski definition) is 6. The summed E-state index contributed by atoms with van der Waals surface area (Å²) in [6.45, 7) is 2.06. The molecule has 37 heavy (non-hydrogen) atoms. The number of anilines is 2. The van der Waals surface area contributed by atoms with Crippen molar-refractivity contribution < 1.29 is 22.8 Å². The lowest BCUT2D eigenvalue weighted by Gasteiger charge is -2.38. The molecule has 0 radical (unpaired) electrons. The lowest BCUT2D eigenvalue weighted by atomic mass is 9.82. The third kappa shape index (κ3) is 4.44. The summed E-state index contributed by atoms with van der Waals surface area (Å²) in [7, 11) is 0. The van der Waals surface area contributed by atoms with Crippen LogP contribution >= 0.6 is 11.3 Å². The fraction of sp³-hybridized carbons (Fsp3) is 0.200. The minimum absolute atomic E-state index is 0.273. The first kappa shape index (κ1) is 24.5. The van der Waals surface area contributed by atoms with Crippen molar-refractivity contribution in [3.05, 3.63) is 88.0 Å². The van der Waals surface area contributed by atoms with Crippen molar-refractivity contribution in [3.8, 4) is 5.69 Å². The molecular formula is C25H21F3N6O2S. The minimum atomic E-state index is -4.67. The number of nitrogen functional groups attached to an aromatic ring is 1. The van der Waals surface area contributed by atoms with Crippen molar-refractivity contribution in [1.29, 1.82) is 0 Å². The monoisotopic (exact) mass is 526 g/mol. The van der Waals surface area contributed by atoms with Gasteiger partial charge in [-0.05, 0) is 36.8 Å². The number of nitrogens with one attached hydrogen (secondary N) is 1. The third-order valence-corrected chi connectivity index (χ3v) is 6.97. The number of thiazole rings is 1. The number of amides is 2. The number of carbonyl (C=O) groups excluding carboxylic acids is 2. The summed E-state index contributed by atoms with van der Waals surface area (Å²) < 4.78 is 40.8. The van der Waals surface area contributed by atoms with Crippen LogP contribution in [0.25, 0.3) is 5.69 Å². The Labute approximate surface area is 213 Å². The molecular weight excluding hydrogens is 505 g/mol. The molecule has 3 N–H and O–H groups in total. The van der Waals surface area contributed by atoms with Gasteiger partial charge in [-0.15, -0.1) is 11.3 Å². The van der Waals surface area contributed by atoms with Gasteiger partial charge in [0, 0.05) is 29.1 Å². The van der Waals surface area contributed by atoms with E-state index in [-0.39, 0.29) is 6.54 Å². The molecule has 0 fully saturated rings. The molecule has 2 atom stereocenters. The van der Waals surface area contributed by atoms with E-state index in [0.29, 0.717) is 34.0 Å². The molecule has 2 aromatic carbocycles. The van der Waals surface area contributed by atoms with Gasteiger partial charge < -0.3 is 11.1 Å². The second kappa shape index (κ2) is 9.36. The summed E-state index contributed by atoms with van der Waals surface area (Å²) in [6, 6.07) is 15.1. The van der Waals surface area contributed by atoms with Gasteiger partial charge in [-0.3, -0.25) is 14.5 Å². The van der Waals surface area contributed by atoms with E-state index >= 15 is 0 Å². The summed E-state index contributed by atoms with van der Waals surface area (Å²) in [6.07, 6.45) is -3.04. The molecule has 0 spiro atoms. The average molecular weight is 527 g/mol. The fourth-order valence-corrected chi connectivity index (χ4v) is 5.16. The normalized spacial score (nSPS) is 17.5. The number of benzene rings is 2. The predicted molar refractivity (Wildman–Crippen MR) is 133 cm³/mol. The molecule has 0 aliphatic carbocycles. The number of likely N-dealkylation sites (N-methyl/N-ethyl adjacent to an activating group) is 1. The van der Waals surface area contributed by atoms with E-state index in [1.54, 1.807) is 42.1 Å². The van der Waals surface area contributed by atoms with Gasteiger partial charge in [0.1, 0.15) is 17.6 Å². The Balaban J connectivity index is 1.61. The van der Waals surface area contributed by atoms with Crippen LogP contribution in [0.2, 0.25) is 0 Å². The van der Waals surface area contributed by atoms with Crippen LogP contribution in [0.5, 0.6) is 0 Å². The molecule has 2 amide bonds. The van der Waals surface area contributed by atoms with E-state index in [9.17, 15) is 22.8 Å². The number of hydrogen-bond donors (Lipinski definition) is 2. The van der Waals surface area contributed by atoms with Crippen LogP contribution in [0.3, 0.4) is 0 Å². The Morgan fingerprint density at radius 2 is 1.92 bits per heavy atom. The molecule has 3 heterocycles. The molecule has 2 aromatic heterocycles. The summed E-state index contributed by atoms with van der Waals surface area (Å²) in [4.78, 5) is 31.8. The first-order valence-corrected chi connectivity index (χ1v) is 12.2. The Morgan fingerprint density at radius 3 is 2.57 bits per heavy atom. The zero-order valence-corrected chi connectivity index (χ0v) is 20.3. The molecule has 190 valence electrons. The lowest BCUT2D eigenvalue weighted by Crippen LogP contribution is -2.55. The van der Waals surface area contributed by atoms with Gasteiger partial charge >= 0.3 is 6.18 Å². The van der Waals surface area contributed by atoms with Crippen LogP contribution in [0.4, 0.5) is 24.7 Å². The zero-order chi connectivity index (χ0) is 26.3. The third-order valence-electron chi connectivity index (χ3n) is 6.08. The molecule has 1 aliphatic heterocycles. The highest BCUT2D eigenvalue weighted by atomic mass is 32.1. The number of nitrogens with zero attached hydrogens (tertiary/aromatic N) is 4. The number of carbonyl (C=O) groups is 2. The number of nitrogens with two attached hydrogens (primary N) is 1. The first-order valence-electron chi connectivity index (χ1n) is 11.3. The number of halogens is 3. The Kier molecular flexibility index (Phi) is 6.20. The van der Waals surface area contributed by atoms with Crippen molar-refractivity contribution in [2.45, 2.75) is 25.1 Å². The van der Waals surface area contributed by atoms with Crippen molar-refractivity contribution in [3.63, 3.8) is 0 Å². The average Bonchev–Trinajstić information content (AvgIpc) is 3.53. The van der Waals surface area contributed by atoms with Crippen molar-refractivity contribution in [2.75, 3.05) is 17.2 Å². The van der Waals surface area contributed by atoms with Crippen LogP contribution < -0.4 is 16.0 Å². The van der Waals surface area contributed by atoms with Gasteiger partial charge in [-0.1, -0.05) is 30.3 Å². The van der Waals surface area contributed by atoms with Crippen molar-refractivity contribution >= 4 is 34.7 Å². The van der Waals surface area contributed by atoms with Crippen molar-refractivity contribution in [2.24, 2.45) is 0 Å². The van der Waals surface area contributed by atoms with Gasteiger partial charge in [0.25, 0.3) is 11.8 Å². The summed E-state index contributed by atoms with van der Waals surface area (Å²) in [5, 5.41) is 7.07. The maximum Gasteiger partial charge on any atom is 0.443 e. The fourth-order valence-electron chi connectivity index (χ4n) is 4.50. The highest BCUT2D eigenvalue weighted by molar-refractivity contribution is 7.10. The second-order valence-electron chi connectivity index (χ2n) is 8.39. The van der Waals surface area contributed by atoms with Crippen LogP contribution in [-0.2, 0) is 11.0 Å². The molecule has 0 saturated heterocycles. The summed E-state index contributed by atoms with van der Waals surface area (Å²) in [5.74, 6) is -1.46. The Morgan fingerprint density at radius 1 is 1.16 bits per heavy atom. The number of alkyl halides is 3. The maximum absolute atomic E-state index is 13.8. The molecule has 0 unspecified atom stereocenters.